The van der Waals surface area contributed by atoms with Gasteiger partial charge in [-0.3, -0.25) is 9.59 Å². The molecule has 4 unspecified atom stereocenters. The third-order valence-corrected chi connectivity index (χ3v) is 6.14. The minimum absolute atomic E-state index is 0.251. The van der Waals surface area contributed by atoms with E-state index in [2.05, 4.69) is 17.6 Å². The summed E-state index contributed by atoms with van der Waals surface area (Å²) < 4.78 is 0. The third kappa shape index (κ3) is 16.0. The average molecular weight is 487 g/mol. The molecular formula is C26H50N2O6. The summed E-state index contributed by atoms with van der Waals surface area (Å²) in [5.74, 6) is -2.52. The number of unbranched alkanes of at least 4 members (excludes halogenated alkanes) is 12. The number of hydrogen-bond acceptors (Lipinski definition) is 5. The number of rotatable bonds is 22. The number of hydrogen-bond donors (Lipinski definition) is 5. The van der Waals surface area contributed by atoms with Gasteiger partial charge >= 0.3 is 5.97 Å². The fourth-order valence-corrected chi connectivity index (χ4v) is 3.93. The average Bonchev–Trinajstić information content (AvgIpc) is 2.78. The van der Waals surface area contributed by atoms with Gasteiger partial charge in [-0.25, -0.2) is 4.79 Å². The van der Waals surface area contributed by atoms with E-state index in [-0.39, 0.29) is 12.3 Å². The van der Waals surface area contributed by atoms with Gasteiger partial charge in [0.1, 0.15) is 6.04 Å². The molecule has 0 aliphatic rings. The van der Waals surface area contributed by atoms with Gasteiger partial charge in [-0.15, -0.1) is 0 Å². The number of aliphatic hydroxyl groups is 2. The molecule has 0 bridgehead atoms. The van der Waals surface area contributed by atoms with Crippen molar-refractivity contribution < 1.29 is 29.7 Å². The van der Waals surface area contributed by atoms with Gasteiger partial charge in [0.15, 0.2) is 6.04 Å². The zero-order chi connectivity index (χ0) is 25.8. The van der Waals surface area contributed by atoms with Crippen LogP contribution in [0, 0.1) is 0 Å². The molecule has 0 aliphatic heterocycles. The van der Waals surface area contributed by atoms with Crippen LogP contribution in [0.15, 0.2) is 0 Å². The Morgan fingerprint density at radius 2 is 1.15 bits per heavy atom. The van der Waals surface area contributed by atoms with Crippen LogP contribution >= 0.6 is 0 Å². The largest absolute Gasteiger partial charge is 0.480 e. The first-order chi connectivity index (χ1) is 16.2. The lowest BCUT2D eigenvalue weighted by Gasteiger charge is -2.26. The van der Waals surface area contributed by atoms with Gasteiger partial charge < -0.3 is 26.0 Å². The Balaban J connectivity index is 4.48. The Kier molecular flexibility index (Phi) is 19.7. The Morgan fingerprint density at radius 3 is 1.62 bits per heavy atom. The van der Waals surface area contributed by atoms with E-state index >= 15 is 0 Å². The van der Waals surface area contributed by atoms with Crippen molar-refractivity contribution in [1.29, 1.82) is 0 Å². The highest BCUT2D eigenvalue weighted by Gasteiger charge is 2.33. The predicted octanol–water partition coefficient (Wildman–Crippen LogP) is 4.06. The van der Waals surface area contributed by atoms with E-state index in [1.54, 1.807) is 0 Å². The van der Waals surface area contributed by atoms with Gasteiger partial charge in [0, 0.05) is 6.42 Å². The van der Waals surface area contributed by atoms with Crippen molar-refractivity contribution in [3.05, 3.63) is 0 Å². The van der Waals surface area contributed by atoms with Crippen molar-refractivity contribution >= 4 is 17.8 Å². The van der Waals surface area contributed by atoms with E-state index in [1.807, 2.05) is 6.92 Å². The second-order valence-electron chi connectivity index (χ2n) is 9.46. The Morgan fingerprint density at radius 1 is 0.676 bits per heavy atom. The molecule has 0 rings (SSSR count). The fourth-order valence-electron chi connectivity index (χ4n) is 3.93. The van der Waals surface area contributed by atoms with E-state index < -0.39 is 36.2 Å². The summed E-state index contributed by atoms with van der Waals surface area (Å²) in [6, 6.07) is -2.76. The molecule has 4 atom stereocenters. The number of amides is 2. The second-order valence-corrected chi connectivity index (χ2v) is 9.46. The van der Waals surface area contributed by atoms with E-state index in [0.717, 1.165) is 32.1 Å². The molecule has 8 nitrogen and oxygen atoms in total. The lowest BCUT2D eigenvalue weighted by Crippen LogP contribution is -2.58. The Labute approximate surface area is 206 Å². The summed E-state index contributed by atoms with van der Waals surface area (Å²) in [7, 11) is 0. The minimum atomic E-state index is -1.51. The van der Waals surface area contributed by atoms with E-state index in [4.69, 9.17) is 0 Å². The van der Waals surface area contributed by atoms with Crippen LogP contribution in [-0.2, 0) is 14.4 Å². The van der Waals surface area contributed by atoms with E-state index in [9.17, 15) is 29.7 Å². The van der Waals surface area contributed by atoms with Crippen LogP contribution in [0.2, 0.25) is 0 Å². The van der Waals surface area contributed by atoms with E-state index in [0.29, 0.717) is 19.3 Å². The van der Waals surface area contributed by atoms with Crippen LogP contribution in [0.1, 0.15) is 124 Å². The summed E-state index contributed by atoms with van der Waals surface area (Å²) in [5, 5.41) is 34.2. The smallest absolute Gasteiger partial charge is 0.328 e. The first kappa shape index (κ1) is 32.3. The first-order valence-electron chi connectivity index (χ1n) is 13.4. The lowest BCUT2D eigenvalue weighted by atomic mass is 10.0. The van der Waals surface area contributed by atoms with Gasteiger partial charge in [-0.2, -0.15) is 0 Å². The molecule has 0 saturated heterocycles. The first-order valence-corrected chi connectivity index (χ1v) is 13.4. The van der Waals surface area contributed by atoms with Crippen molar-refractivity contribution in [3.63, 3.8) is 0 Å². The molecular weight excluding hydrogens is 436 g/mol. The van der Waals surface area contributed by atoms with Crippen molar-refractivity contribution in [2.45, 2.75) is 148 Å². The summed E-state index contributed by atoms with van der Waals surface area (Å²) in [4.78, 5) is 36.4. The molecule has 0 spiro atoms. The Hall–Kier alpha value is -1.67. The number of carboxylic acid groups (broad SMARTS) is 1. The molecule has 0 radical (unpaired) electrons. The molecule has 0 aromatic rings. The normalized spacial score (nSPS) is 14.7. The van der Waals surface area contributed by atoms with Crippen LogP contribution in [0.5, 0.6) is 0 Å². The lowest BCUT2D eigenvalue weighted by molar-refractivity contribution is -0.145. The maximum absolute atomic E-state index is 12.7. The van der Waals surface area contributed by atoms with Crippen LogP contribution < -0.4 is 10.6 Å². The van der Waals surface area contributed by atoms with Gasteiger partial charge in [0.2, 0.25) is 11.8 Å². The number of carbonyl (C=O) groups is 3. The van der Waals surface area contributed by atoms with Crippen LogP contribution in [-0.4, -0.2) is 57.4 Å². The molecule has 0 fully saturated rings. The highest BCUT2D eigenvalue weighted by Crippen LogP contribution is 2.13. The van der Waals surface area contributed by atoms with Crippen LogP contribution in [0.4, 0.5) is 0 Å². The number of aliphatic hydroxyl groups excluding tert-OH is 2. The zero-order valence-electron chi connectivity index (χ0n) is 21.7. The molecule has 2 amide bonds. The molecule has 5 N–H and O–H groups in total. The molecule has 0 saturated carbocycles. The standard InChI is InChI=1S/C26H50N2O6/c1-4-6-8-9-10-11-12-13-14-15-17-19-22(31)27-24(21(30)18-16-7-5-2)25(32)28-23(20(3)29)26(33)34/h20-21,23-24,29-30H,4-19H2,1-3H3,(H,27,31)(H,28,32)(H,33,34). The molecule has 8 heteroatoms. The maximum atomic E-state index is 12.7. The van der Waals surface area contributed by atoms with Gasteiger partial charge in [-0.05, 0) is 19.8 Å². The summed E-state index contributed by atoms with van der Waals surface area (Å²) in [5.41, 5.74) is 0. The molecule has 0 aromatic carbocycles. The van der Waals surface area contributed by atoms with Crippen molar-refractivity contribution in [3.8, 4) is 0 Å². The zero-order valence-corrected chi connectivity index (χ0v) is 21.7. The summed E-state index contributed by atoms with van der Waals surface area (Å²) in [6.45, 7) is 5.50. The molecule has 200 valence electrons. The van der Waals surface area contributed by atoms with Crippen LogP contribution in [0.25, 0.3) is 0 Å². The number of aliphatic carboxylic acids is 1. The third-order valence-electron chi connectivity index (χ3n) is 6.14. The quantitative estimate of drug-likeness (QED) is 0.146. The van der Waals surface area contributed by atoms with Gasteiger partial charge in [0.05, 0.1) is 12.2 Å². The summed E-state index contributed by atoms with van der Waals surface area (Å²) >= 11 is 0. The fraction of sp³-hybridized carbons (Fsp3) is 0.885. The number of nitrogens with one attached hydrogen (secondary N) is 2. The van der Waals surface area contributed by atoms with Gasteiger partial charge in [-0.1, -0.05) is 97.3 Å². The second kappa shape index (κ2) is 20.7. The Bertz CT molecular complexity index is 555. The topological polar surface area (TPSA) is 136 Å². The predicted molar refractivity (Wildman–Crippen MR) is 134 cm³/mol. The molecule has 34 heavy (non-hydrogen) atoms. The molecule has 0 aliphatic carbocycles. The van der Waals surface area contributed by atoms with Crippen LogP contribution in [0.3, 0.4) is 0 Å². The van der Waals surface area contributed by atoms with Gasteiger partial charge in [0.25, 0.3) is 0 Å². The maximum Gasteiger partial charge on any atom is 0.328 e. The molecule has 0 heterocycles. The van der Waals surface area contributed by atoms with Crippen molar-refractivity contribution in [2.24, 2.45) is 0 Å². The van der Waals surface area contributed by atoms with E-state index in [1.165, 1.54) is 51.9 Å². The highest BCUT2D eigenvalue weighted by molar-refractivity contribution is 5.91. The molecule has 0 aromatic heterocycles. The number of carbonyl (C=O) groups excluding carboxylic acids is 2. The van der Waals surface area contributed by atoms with Crippen molar-refractivity contribution in [1.82, 2.24) is 10.6 Å². The SMILES string of the molecule is CCCCCCCCCCCCCC(=O)NC(C(=O)NC(C(=O)O)C(C)O)C(O)CCCCC. The minimum Gasteiger partial charge on any atom is -0.480 e. The highest BCUT2D eigenvalue weighted by atomic mass is 16.4. The van der Waals surface area contributed by atoms with Crippen molar-refractivity contribution in [2.75, 3.05) is 0 Å². The number of carboxylic acids is 1. The summed E-state index contributed by atoms with van der Waals surface area (Å²) in [6.07, 6.45) is 13.5. The monoisotopic (exact) mass is 486 g/mol.